The van der Waals surface area contributed by atoms with Gasteiger partial charge in [0.25, 0.3) is 0 Å². The van der Waals surface area contributed by atoms with E-state index in [9.17, 15) is 0 Å². The predicted octanol–water partition coefficient (Wildman–Crippen LogP) is 6.60. The van der Waals surface area contributed by atoms with Crippen LogP contribution in [0, 0.1) is 0 Å². The molecule has 2 N–H and O–H groups in total. The van der Waals surface area contributed by atoms with E-state index >= 15 is 0 Å². The predicted molar refractivity (Wildman–Crippen MR) is 201 cm³/mol. The van der Waals surface area contributed by atoms with Gasteiger partial charge in [0.05, 0.1) is 29.7 Å². The van der Waals surface area contributed by atoms with Crippen molar-refractivity contribution in [3.05, 3.63) is 54.0 Å². The number of hydrogen-bond donors (Lipinski definition) is 2. The number of ether oxygens (including phenoxy) is 1. The summed E-state index contributed by atoms with van der Waals surface area (Å²) in [5.41, 5.74) is 8.43. The van der Waals surface area contributed by atoms with E-state index in [4.69, 9.17) is 14.7 Å². The first kappa shape index (κ1) is 32.3. The quantitative estimate of drug-likeness (QED) is 0.167. The van der Waals surface area contributed by atoms with Gasteiger partial charge in [0.15, 0.2) is 0 Å². The standard InChI is InChI=1S/C37H48N10OS/c1-44-17-19-46(20-18-44)26-11-15-47(16-12-26)32-22-33(48-3)31(21-27(32)24-5-6-24)42-37-40-23-28(25-7-8-25)36(43-37)41-30-10-9-29-34(39-14-13-38-29)35(30)45(2)49-4/h9-10,13-14,21-26H,5-8,11-12,15-20H2,1-4H3,(H2,40,41,42,43). The number of aromatic nitrogens is 4. The summed E-state index contributed by atoms with van der Waals surface area (Å²) in [5, 5.41) is 7.26. The molecule has 0 atom stereocenters. The van der Waals surface area contributed by atoms with E-state index in [0.717, 1.165) is 71.2 Å². The minimum atomic E-state index is 0.467. The summed E-state index contributed by atoms with van der Waals surface area (Å²) in [6.45, 7) is 6.91. The van der Waals surface area contributed by atoms with E-state index in [-0.39, 0.29) is 0 Å². The summed E-state index contributed by atoms with van der Waals surface area (Å²) in [7, 11) is 6.05. The van der Waals surface area contributed by atoms with Crippen molar-refractivity contribution in [2.45, 2.75) is 56.4 Å². The molecular formula is C37H48N10OS. The molecule has 49 heavy (non-hydrogen) atoms. The highest BCUT2D eigenvalue weighted by Gasteiger charge is 2.33. The molecule has 2 saturated heterocycles. The van der Waals surface area contributed by atoms with Gasteiger partial charge in [-0.1, -0.05) is 11.9 Å². The Kier molecular flexibility index (Phi) is 9.11. The first-order chi connectivity index (χ1) is 24.0. The number of anilines is 6. The number of hydrogen-bond acceptors (Lipinski definition) is 12. The SMILES string of the molecule is COc1cc(N2CCC(N3CCN(C)CC3)CC2)c(C2CC2)cc1Nc1ncc(C2CC2)c(Nc2ccc3nccnc3c2N(C)SC)n1. The fourth-order valence-corrected chi connectivity index (χ4v) is 7.90. The molecular weight excluding hydrogens is 633 g/mol. The van der Waals surface area contributed by atoms with Crippen molar-refractivity contribution in [3.8, 4) is 5.75 Å². The number of piperidine rings is 1. The lowest BCUT2D eigenvalue weighted by molar-refractivity contribution is 0.0982. The Balaban J connectivity index is 1.06. The lowest BCUT2D eigenvalue weighted by atomic mass is 9.99. The number of nitrogens with one attached hydrogen (secondary N) is 2. The van der Waals surface area contributed by atoms with Gasteiger partial charge in [-0.2, -0.15) is 4.98 Å². The van der Waals surface area contributed by atoms with Crippen molar-refractivity contribution in [2.75, 3.05) is 86.6 Å². The van der Waals surface area contributed by atoms with Gasteiger partial charge in [0, 0.05) is 94.5 Å². The summed E-state index contributed by atoms with van der Waals surface area (Å²) in [4.78, 5) is 26.9. The highest BCUT2D eigenvalue weighted by Crippen LogP contribution is 2.49. The molecule has 2 aliphatic heterocycles. The molecule has 12 heteroatoms. The van der Waals surface area contributed by atoms with Crippen molar-refractivity contribution in [2.24, 2.45) is 0 Å². The molecule has 8 rings (SSSR count). The van der Waals surface area contributed by atoms with Gasteiger partial charge >= 0.3 is 0 Å². The lowest BCUT2D eigenvalue weighted by Gasteiger charge is -2.43. The van der Waals surface area contributed by atoms with Crippen LogP contribution < -0.4 is 24.6 Å². The zero-order valence-corrected chi connectivity index (χ0v) is 30.0. The van der Waals surface area contributed by atoms with E-state index in [1.54, 1.807) is 31.5 Å². The summed E-state index contributed by atoms with van der Waals surface area (Å²) < 4.78 is 8.15. The van der Waals surface area contributed by atoms with Gasteiger partial charge in [-0.3, -0.25) is 14.9 Å². The number of rotatable bonds is 11. The zero-order valence-electron chi connectivity index (χ0n) is 29.2. The molecule has 0 spiro atoms. The van der Waals surface area contributed by atoms with Gasteiger partial charge in [-0.05, 0) is 81.2 Å². The molecule has 2 aromatic carbocycles. The molecule has 4 aliphatic rings. The largest absolute Gasteiger partial charge is 0.494 e. The van der Waals surface area contributed by atoms with E-state index in [2.05, 4.69) is 78.2 Å². The first-order valence-electron chi connectivity index (χ1n) is 17.8. The van der Waals surface area contributed by atoms with Crippen LogP contribution in [0.2, 0.25) is 0 Å². The average Bonchev–Trinajstić information content (AvgIpc) is 4.07. The molecule has 0 bridgehead atoms. The Bertz CT molecular complexity index is 1800. The highest BCUT2D eigenvalue weighted by molar-refractivity contribution is 7.99. The topological polar surface area (TPSA) is 97.8 Å². The highest BCUT2D eigenvalue weighted by atomic mass is 32.2. The zero-order chi connectivity index (χ0) is 33.5. The molecule has 2 aliphatic carbocycles. The maximum absolute atomic E-state index is 6.03. The summed E-state index contributed by atoms with van der Waals surface area (Å²) in [6.07, 6.45) is 14.7. The molecule has 2 aromatic heterocycles. The minimum absolute atomic E-state index is 0.467. The van der Waals surface area contributed by atoms with E-state index < -0.39 is 0 Å². The second kappa shape index (κ2) is 13.8. The molecule has 0 amide bonds. The third-order valence-corrected chi connectivity index (χ3v) is 11.5. The van der Waals surface area contributed by atoms with Crippen LogP contribution in [0.25, 0.3) is 11.0 Å². The fraction of sp³-hybridized carbons (Fsp3) is 0.514. The van der Waals surface area contributed by atoms with Crippen molar-refractivity contribution in [1.82, 2.24) is 29.7 Å². The van der Waals surface area contributed by atoms with Crippen LogP contribution in [0.5, 0.6) is 5.75 Å². The second-order valence-electron chi connectivity index (χ2n) is 14.0. The lowest BCUT2D eigenvalue weighted by Crippen LogP contribution is -2.52. The third kappa shape index (κ3) is 6.82. The second-order valence-corrected chi connectivity index (χ2v) is 14.9. The first-order valence-corrected chi connectivity index (χ1v) is 19.0. The van der Waals surface area contributed by atoms with Crippen LogP contribution in [0.3, 0.4) is 0 Å². The molecule has 4 fully saturated rings. The Morgan fingerprint density at radius 1 is 0.837 bits per heavy atom. The Morgan fingerprint density at radius 2 is 1.57 bits per heavy atom. The summed E-state index contributed by atoms with van der Waals surface area (Å²) in [6, 6.07) is 9.33. The molecule has 11 nitrogen and oxygen atoms in total. The van der Waals surface area contributed by atoms with Gasteiger partial charge in [0.1, 0.15) is 17.1 Å². The average molecular weight is 681 g/mol. The van der Waals surface area contributed by atoms with Crippen LogP contribution in [-0.2, 0) is 0 Å². The van der Waals surface area contributed by atoms with E-state index in [0.29, 0.717) is 23.8 Å². The number of methoxy groups -OCH3 is 1. The van der Waals surface area contributed by atoms with Gasteiger partial charge in [0.2, 0.25) is 5.95 Å². The van der Waals surface area contributed by atoms with Crippen LogP contribution in [-0.4, -0.2) is 103 Å². The smallest absolute Gasteiger partial charge is 0.229 e. The Morgan fingerprint density at radius 3 is 2.29 bits per heavy atom. The molecule has 2 saturated carbocycles. The third-order valence-electron chi connectivity index (χ3n) is 10.8. The molecule has 4 aromatic rings. The maximum Gasteiger partial charge on any atom is 0.229 e. The monoisotopic (exact) mass is 680 g/mol. The number of benzene rings is 2. The van der Waals surface area contributed by atoms with Crippen LogP contribution >= 0.6 is 11.9 Å². The number of nitrogens with zero attached hydrogens (tertiary/aromatic N) is 8. The fourth-order valence-electron chi connectivity index (χ4n) is 7.53. The van der Waals surface area contributed by atoms with Crippen LogP contribution in [0.1, 0.15) is 61.5 Å². The molecule has 4 heterocycles. The normalized spacial score (nSPS) is 19.3. The van der Waals surface area contributed by atoms with Crippen LogP contribution in [0.15, 0.2) is 42.9 Å². The maximum atomic E-state index is 6.03. The molecule has 258 valence electrons. The Hall–Kier alpha value is -3.87. The van der Waals surface area contributed by atoms with Gasteiger partial charge in [-0.25, -0.2) is 4.98 Å². The van der Waals surface area contributed by atoms with Gasteiger partial charge in [-0.15, -0.1) is 0 Å². The molecule has 0 radical (unpaired) electrons. The van der Waals surface area contributed by atoms with E-state index in [1.165, 1.54) is 63.1 Å². The van der Waals surface area contributed by atoms with Crippen molar-refractivity contribution >= 4 is 57.5 Å². The number of piperazine rings is 1. The van der Waals surface area contributed by atoms with Crippen molar-refractivity contribution < 1.29 is 4.74 Å². The van der Waals surface area contributed by atoms with Gasteiger partial charge < -0.3 is 29.5 Å². The van der Waals surface area contributed by atoms with Crippen molar-refractivity contribution in [1.29, 1.82) is 0 Å². The van der Waals surface area contributed by atoms with Crippen LogP contribution in [0.4, 0.5) is 34.5 Å². The Labute approximate surface area is 294 Å². The van der Waals surface area contributed by atoms with Crippen molar-refractivity contribution in [3.63, 3.8) is 0 Å². The number of fused-ring (bicyclic) bond motifs is 1. The molecule has 0 unspecified atom stereocenters. The number of likely N-dealkylation sites (N-methyl/N-ethyl adjacent to an activating group) is 1. The summed E-state index contributed by atoms with van der Waals surface area (Å²) >= 11 is 1.64. The minimum Gasteiger partial charge on any atom is -0.494 e. The van der Waals surface area contributed by atoms with E-state index in [1.807, 2.05) is 12.3 Å². The summed E-state index contributed by atoms with van der Waals surface area (Å²) in [5.74, 6) is 3.25.